The van der Waals surface area contributed by atoms with Crippen molar-refractivity contribution < 1.29 is 13.2 Å². The van der Waals surface area contributed by atoms with Gasteiger partial charge in [-0.15, -0.1) is 0 Å². The average Bonchev–Trinajstić information content (AvgIpc) is 2.77. The normalized spacial score (nSPS) is 11.8. The molecule has 0 amide bonds. The third-order valence-electron chi connectivity index (χ3n) is 2.55. The fourth-order valence-corrected chi connectivity index (χ4v) is 1.79. The Hall–Kier alpha value is -1.82. The molecule has 0 saturated carbocycles. The van der Waals surface area contributed by atoms with Gasteiger partial charge in [0.1, 0.15) is 5.82 Å². The van der Waals surface area contributed by atoms with Crippen molar-refractivity contribution in [3.8, 4) is 5.69 Å². The Labute approximate surface area is 102 Å². The van der Waals surface area contributed by atoms with Crippen molar-refractivity contribution in [1.82, 2.24) is 9.55 Å². The second-order valence-electron chi connectivity index (χ2n) is 3.77. The quantitative estimate of drug-likeness (QED) is 0.915. The standard InChI is InChI=1S/C12H12F3N3/c13-12(14,15)9-3-1-2-4-10(9)18-8-7-17-11(18)5-6-16/h1-4,7-8H,5-6,16H2. The van der Waals surface area contributed by atoms with E-state index in [1.54, 1.807) is 6.07 Å². The molecule has 0 radical (unpaired) electrons. The lowest BCUT2D eigenvalue weighted by molar-refractivity contribution is -0.137. The van der Waals surface area contributed by atoms with Gasteiger partial charge < -0.3 is 10.3 Å². The Morgan fingerprint density at radius 3 is 2.61 bits per heavy atom. The summed E-state index contributed by atoms with van der Waals surface area (Å²) >= 11 is 0. The molecule has 2 N–H and O–H groups in total. The van der Waals surface area contributed by atoms with E-state index in [0.29, 0.717) is 18.8 Å². The summed E-state index contributed by atoms with van der Waals surface area (Å²) in [5.41, 5.74) is 4.81. The summed E-state index contributed by atoms with van der Waals surface area (Å²) in [4.78, 5) is 4.02. The van der Waals surface area contributed by atoms with Crippen LogP contribution >= 0.6 is 0 Å². The number of nitrogens with two attached hydrogens (primary N) is 1. The van der Waals surface area contributed by atoms with Crippen molar-refractivity contribution in [2.45, 2.75) is 12.6 Å². The highest BCUT2D eigenvalue weighted by Gasteiger charge is 2.33. The van der Waals surface area contributed by atoms with Crippen LogP contribution < -0.4 is 5.73 Å². The van der Waals surface area contributed by atoms with Crippen LogP contribution in [-0.4, -0.2) is 16.1 Å². The molecule has 0 unspecified atom stereocenters. The minimum atomic E-state index is -4.39. The maximum atomic E-state index is 12.9. The minimum Gasteiger partial charge on any atom is -0.330 e. The summed E-state index contributed by atoms with van der Waals surface area (Å²) < 4.78 is 40.1. The molecule has 1 aromatic heterocycles. The van der Waals surface area contributed by atoms with Gasteiger partial charge >= 0.3 is 6.18 Å². The molecular formula is C12H12F3N3. The molecule has 0 aliphatic rings. The van der Waals surface area contributed by atoms with Crippen molar-refractivity contribution in [2.24, 2.45) is 5.73 Å². The van der Waals surface area contributed by atoms with E-state index in [2.05, 4.69) is 4.98 Å². The van der Waals surface area contributed by atoms with Gasteiger partial charge in [0.2, 0.25) is 0 Å². The molecule has 0 saturated heterocycles. The maximum Gasteiger partial charge on any atom is 0.418 e. The summed E-state index contributed by atoms with van der Waals surface area (Å²) in [6, 6.07) is 5.41. The fraction of sp³-hybridized carbons (Fsp3) is 0.250. The maximum absolute atomic E-state index is 12.9. The number of hydrogen-bond acceptors (Lipinski definition) is 2. The number of alkyl halides is 3. The molecule has 96 valence electrons. The summed E-state index contributed by atoms with van der Waals surface area (Å²) in [6.07, 6.45) is -0.978. The lowest BCUT2D eigenvalue weighted by Crippen LogP contribution is -2.13. The third kappa shape index (κ3) is 2.38. The number of halogens is 3. The van der Waals surface area contributed by atoms with Gasteiger partial charge in [-0.05, 0) is 18.7 Å². The summed E-state index contributed by atoms with van der Waals surface area (Å²) in [5, 5.41) is 0. The largest absolute Gasteiger partial charge is 0.418 e. The van der Waals surface area contributed by atoms with Crippen LogP contribution in [0, 0.1) is 0 Å². The van der Waals surface area contributed by atoms with Gasteiger partial charge in [-0.1, -0.05) is 12.1 Å². The topological polar surface area (TPSA) is 43.8 Å². The Morgan fingerprint density at radius 2 is 1.94 bits per heavy atom. The monoisotopic (exact) mass is 255 g/mol. The highest BCUT2D eigenvalue weighted by Crippen LogP contribution is 2.33. The zero-order valence-electron chi connectivity index (χ0n) is 9.48. The van der Waals surface area contributed by atoms with Gasteiger partial charge in [-0.2, -0.15) is 13.2 Å². The lowest BCUT2D eigenvalue weighted by atomic mass is 10.1. The van der Waals surface area contributed by atoms with E-state index < -0.39 is 11.7 Å². The van der Waals surface area contributed by atoms with Crippen molar-refractivity contribution in [2.75, 3.05) is 6.54 Å². The van der Waals surface area contributed by atoms with Crippen LogP contribution in [0.15, 0.2) is 36.7 Å². The van der Waals surface area contributed by atoms with E-state index in [1.165, 1.54) is 29.1 Å². The summed E-state index contributed by atoms with van der Waals surface area (Å²) in [5.74, 6) is 0.522. The first-order chi connectivity index (χ1) is 8.54. The highest BCUT2D eigenvalue weighted by atomic mass is 19.4. The second-order valence-corrected chi connectivity index (χ2v) is 3.77. The Bertz CT molecular complexity index is 531. The molecule has 0 aliphatic carbocycles. The van der Waals surface area contributed by atoms with E-state index in [4.69, 9.17) is 5.73 Å². The molecule has 0 aliphatic heterocycles. The number of aromatic nitrogens is 2. The molecule has 6 heteroatoms. The molecule has 2 aromatic rings. The van der Waals surface area contributed by atoms with E-state index in [9.17, 15) is 13.2 Å². The fourth-order valence-electron chi connectivity index (χ4n) is 1.79. The molecule has 18 heavy (non-hydrogen) atoms. The van der Waals surface area contributed by atoms with Crippen LogP contribution in [0.25, 0.3) is 5.69 Å². The molecule has 2 rings (SSSR count). The molecule has 1 aromatic carbocycles. The van der Waals surface area contributed by atoms with E-state index >= 15 is 0 Å². The molecule has 0 spiro atoms. The van der Waals surface area contributed by atoms with Crippen LogP contribution in [0.5, 0.6) is 0 Å². The van der Waals surface area contributed by atoms with Crippen LogP contribution in [0.2, 0.25) is 0 Å². The zero-order chi connectivity index (χ0) is 13.2. The van der Waals surface area contributed by atoms with Gasteiger partial charge in [0, 0.05) is 18.8 Å². The predicted octanol–water partition coefficient (Wildman–Crippen LogP) is 2.39. The number of para-hydroxylation sites is 1. The average molecular weight is 255 g/mol. The number of hydrogen-bond donors (Lipinski definition) is 1. The molecule has 3 nitrogen and oxygen atoms in total. The Balaban J connectivity index is 2.54. The van der Waals surface area contributed by atoms with Crippen LogP contribution in [0.3, 0.4) is 0 Å². The van der Waals surface area contributed by atoms with Crippen LogP contribution in [-0.2, 0) is 12.6 Å². The van der Waals surface area contributed by atoms with Gasteiger partial charge in [0.15, 0.2) is 0 Å². The van der Waals surface area contributed by atoms with Crippen LogP contribution in [0.4, 0.5) is 13.2 Å². The number of benzene rings is 1. The Kier molecular flexibility index (Phi) is 3.38. The molecular weight excluding hydrogens is 243 g/mol. The van der Waals surface area contributed by atoms with Crippen LogP contribution in [0.1, 0.15) is 11.4 Å². The smallest absolute Gasteiger partial charge is 0.330 e. The zero-order valence-corrected chi connectivity index (χ0v) is 9.48. The van der Waals surface area contributed by atoms with E-state index in [0.717, 1.165) is 6.07 Å². The van der Waals surface area contributed by atoms with Gasteiger partial charge in [-0.25, -0.2) is 4.98 Å². The first-order valence-corrected chi connectivity index (χ1v) is 5.43. The predicted molar refractivity (Wildman–Crippen MR) is 61.3 cm³/mol. The van der Waals surface area contributed by atoms with E-state index in [1.807, 2.05) is 0 Å². The SMILES string of the molecule is NCCc1nccn1-c1ccccc1C(F)(F)F. The van der Waals surface area contributed by atoms with Crippen molar-refractivity contribution in [3.05, 3.63) is 48.0 Å². The highest BCUT2D eigenvalue weighted by molar-refractivity contribution is 5.43. The molecule has 0 fully saturated rings. The van der Waals surface area contributed by atoms with Crippen molar-refractivity contribution in [3.63, 3.8) is 0 Å². The van der Waals surface area contributed by atoms with Gasteiger partial charge in [0.25, 0.3) is 0 Å². The van der Waals surface area contributed by atoms with Gasteiger partial charge in [0.05, 0.1) is 11.3 Å². The number of nitrogens with zero attached hydrogens (tertiary/aromatic N) is 2. The first kappa shape index (κ1) is 12.6. The first-order valence-electron chi connectivity index (χ1n) is 5.43. The molecule has 1 heterocycles. The number of rotatable bonds is 3. The lowest BCUT2D eigenvalue weighted by Gasteiger charge is -2.14. The molecule has 0 bridgehead atoms. The Morgan fingerprint density at radius 1 is 1.22 bits per heavy atom. The summed E-state index contributed by atoms with van der Waals surface area (Å²) in [6.45, 7) is 0.338. The van der Waals surface area contributed by atoms with Gasteiger partial charge in [-0.3, -0.25) is 0 Å². The number of imidazole rings is 1. The van der Waals surface area contributed by atoms with Crippen molar-refractivity contribution >= 4 is 0 Å². The summed E-state index contributed by atoms with van der Waals surface area (Å²) in [7, 11) is 0. The second kappa shape index (κ2) is 4.81. The minimum absolute atomic E-state index is 0.0750. The third-order valence-corrected chi connectivity index (χ3v) is 2.55. The van der Waals surface area contributed by atoms with E-state index in [-0.39, 0.29) is 5.69 Å². The molecule has 0 atom stereocenters. The van der Waals surface area contributed by atoms with Crippen molar-refractivity contribution in [1.29, 1.82) is 0 Å².